The SMILES string of the molecule is O=C(CCCCCCN(C(=O)NCc1ccccc1)c1ccc(N2CCCCC2)cc1)NO.O=C(O)C(F)(F)F. The van der Waals surface area contributed by atoms with Crippen LogP contribution in [-0.2, 0) is 16.1 Å². The van der Waals surface area contributed by atoms with Crippen LogP contribution >= 0.6 is 0 Å². The third-order valence-corrected chi connectivity index (χ3v) is 6.32. The summed E-state index contributed by atoms with van der Waals surface area (Å²) in [6, 6.07) is 18.1. The van der Waals surface area contributed by atoms with Gasteiger partial charge in [0.2, 0.25) is 5.91 Å². The maximum atomic E-state index is 13.1. The monoisotopic (exact) mass is 566 g/mol. The third-order valence-electron chi connectivity index (χ3n) is 6.32. The average Bonchev–Trinajstić information content (AvgIpc) is 2.96. The lowest BCUT2D eigenvalue weighted by Gasteiger charge is -2.29. The Labute approximate surface area is 231 Å². The van der Waals surface area contributed by atoms with Crippen LogP contribution in [0.25, 0.3) is 0 Å². The van der Waals surface area contributed by atoms with Crippen LogP contribution in [0.3, 0.4) is 0 Å². The number of benzene rings is 2. The van der Waals surface area contributed by atoms with Crippen molar-refractivity contribution in [2.75, 3.05) is 29.4 Å². The van der Waals surface area contributed by atoms with E-state index in [2.05, 4.69) is 22.3 Å². The van der Waals surface area contributed by atoms with E-state index in [-0.39, 0.29) is 11.9 Å². The minimum absolute atomic E-state index is 0.107. The molecule has 0 aromatic heterocycles. The van der Waals surface area contributed by atoms with Crippen LogP contribution < -0.4 is 20.6 Å². The number of carboxylic acid groups (broad SMARTS) is 1. The third kappa shape index (κ3) is 11.9. The second-order valence-electron chi connectivity index (χ2n) is 9.36. The zero-order valence-electron chi connectivity index (χ0n) is 22.3. The molecule has 0 radical (unpaired) electrons. The van der Waals surface area contributed by atoms with Gasteiger partial charge >= 0.3 is 18.2 Å². The van der Waals surface area contributed by atoms with Crippen LogP contribution in [0, 0.1) is 0 Å². The van der Waals surface area contributed by atoms with Crippen LogP contribution in [-0.4, -0.2) is 54.0 Å². The number of anilines is 2. The maximum Gasteiger partial charge on any atom is 0.490 e. The zero-order valence-corrected chi connectivity index (χ0v) is 22.3. The molecule has 1 aliphatic heterocycles. The number of aliphatic carboxylic acids is 1. The van der Waals surface area contributed by atoms with Gasteiger partial charge in [0.25, 0.3) is 0 Å². The minimum atomic E-state index is -5.08. The van der Waals surface area contributed by atoms with Gasteiger partial charge in [-0.1, -0.05) is 43.2 Å². The average molecular weight is 567 g/mol. The van der Waals surface area contributed by atoms with Gasteiger partial charge in [-0.15, -0.1) is 0 Å². The molecule has 1 heterocycles. The first-order valence-electron chi connectivity index (χ1n) is 13.3. The number of urea groups is 1. The topological polar surface area (TPSA) is 122 Å². The van der Waals surface area contributed by atoms with Crippen LogP contribution in [0.1, 0.15) is 56.9 Å². The van der Waals surface area contributed by atoms with Crippen molar-refractivity contribution in [3.8, 4) is 0 Å². The van der Waals surface area contributed by atoms with E-state index in [1.807, 2.05) is 47.4 Å². The zero-order chi connectivity index (χ0) is 29.4. The Morgan fingerprint density at radius 1 is 0.875 bits per heavy atom. The van der Waals surface area contributed by atoms with Crippen molar-refractivity contribution in [3.63, 3.8) is 0 Å². The number of rotatable bonds is 11. The summed E-state index contributed by atoms with van der Waals surface area (Å²) in [5.41, 5.74) is 4.83. The molecule has 0 aliphatic carbocycles. The number of carboxylic acids is 1. The summed E-state index contributed by atoms with van der Waals surface area (Å²) < 4.78 is 31.7. The van der Waals surface area contributed by atoms with E-state index in [9.17, 15) is 22.8 Å². The van der Waals surface area contributed by atoms with Crippen LogP contribution in [0.5, 0.6) is 0 Å². The van der Waals surface area contributed by atoms with Crippen molar-refractivity contribution in [1.29, 1.82) is 0 Å². The number of carbonyl (C=O) groups is 3. The molecule has 2 aromatic carbocycles. The van der Waals surface area contributed by atoms with Gasteiger partial charge in [0.1, 0.15) is 0 Å². The molecule has 0 atom stereocenters. The number of carbonyl (C=O) groups excluding carboxylic acids is 2. The lowest BCUT2D eigenvalue weighted by atomic mass is 10.1. The van der Waals surface area contributed by atoms with Gasteiger partial charge in [-0.3, -0.25) is 14.9 Å². The number of unbranched alkanes of at least 4 members (excludes halogenated alkanes) is 3. The highest BCUT2D eigenvalue weighted by Gasteiger charge is 2.38. The number of alkyl halides is 3. The molecule has 0 saturated carbocycles. The molecule has 0 bridgehead atoms. The molecule has 4 N–H and O–H groups in total. The summed E-state index contributed by atoms with van der Waals surface area (Å²) in [5, 5.41) is 18.8. The first-order chi connectivity index (χ1) is 19.1. The molecule has 3 rings (SSSR count). The number of piperidine rings is 1. The summed E-state index contributed by atoms with van der Waals surface area (Å²) in [5.74, 6) is -3.11. The van der Waals surface area contributed by atoms with Gasteiger partial charge in [-0.25, -0.2) is 15.1 Å². The Hall–Kier alpha value is -3.80. The normalized spacial score (nSPS) is 13.1. The molecule has 12 heteroatoms. The summed E-state index contributed by atoms with van der Waals surface area (Å²) >= 11 is 0. The van der Waals surface area contributed by atoms with Crippen molar-refractivity contribution in [2.24, 2.45) is 0 Å². The lowest BCUT2D eigenvalue weighted by Crippen LogP contribution is -2.40. The van der Waals surface area contributed by atoms with Gasteiger partial charge in [0, 0.05) is 44.0 Å². The molecule has 0 unspecified atom stereocenters. The molecule has 1 aliphatic rings. The number of hydrogen-bond acceptors (Lipinski definition) is 5. The Balaban J connectivity index is 0.000000708. The number of amides is 3. The molecule has 0 spiro atoms. The predicted molar refractivity (Wildman–Crippen MR) is 145 cm³/mol. The first-order valence-corrected chi connectivity index (χ1v) is 13.3. The Morgan fingerprint density at radius 3 is 2.05 bits per heavy atom. The molecule has 1 saturated heterocycles. The van der Waals surface area contributed by atoms with Crippen molar-refractivity contribution in [2.45, 2.75) is 64.1 Å². The van der Waals surface area contributed by atoms with Crippen molar-refractivity contribution < 1.29 is 37.9 Å². The predicted octanol–water partition coefficient (Wildman–Crippen LogP) is 5.48. The highest BCUT2D eigenvalue weighted by Crippen LogP contribution is 2.24. The summed E-state index contributed by atoms with van der Waals surface area (Å²) in [6.07, 6.45) is 2.34. The van der Waals surface area contributed by atoms with Gasteiger partial charge in [0.05, 0.1) is 0 Å². The van der Waals surface area contributed by atoms with Crippen LogP contribution in [0.4, 0.5) is 29.3 Å². The second kappa shape index (κ2) is 17.0. The van der Waals surface area contributed by atoms with Gasteiger partial charge in [-0.05, 0) is 61.9 Å². The van der Waals surface area contributed by atoms with Crippen LogP contribution in [0.2, 0.25) is 0 Å². The minimum Gasteiger partial charge on any atom is -0.475 e. The lowest BCUT2D eigenvalue weighted by molar-refractivity contribution is -0.192. The number of hydroxylamine groups is 1. The second-order valence-corrected chi connectivity index (χ2v) is 9.36. The molecular weight excluding hydrogens is 529 g/mol. The van der Waals surface area contributed by atoms with Crippen LogP contribution in [0.15, 0.2) is 54.6 Å². The van der Waals surface area contributed by atoms with E-state index in [0.717, 1.165) is 50.0 Å². The fourth-order valence-electron chi connectivity index (χ4n) is 4.18. The number of nitrogens with zero attached hydrogens (tertiary/aromatic N) is 2. The standard InChI is InChI=1S/C26H36N4O3.C2HF3O2/c31-25(28-33)13-7-1-2-10-20-30(26(32)27-21-22-11-5-3-6-12-22)24-16-14-23(15-17-24)29-18-8-4-9-19-29;3-2(4,5)1(6)7/h3,5-6,11-12,14-17,33H,1-2,4,7-10,13,18-21H2,(H,27,32)(H,28,31);(H,6,7). The molecule has 1 fully saturated rings. The highest BCUT2D eigenvalue weighted by molar-refractivity contribution is 5.92. The quantitative estimate of drug-likeness (QED) is 0.162. The van der Waals surface area contributed by atoms with Crippen molar-refractivity contribution in [3.05, 3.63) is 60.2 Å². The Kier molecular flexibility index (Phi) is 13.8. The van der Waals surface area contributed by atoms with E-state index in [4.69, 9.17) is 15.1 Å². The summed E-state index contributed by atoms with van der Waals surface area (Å²) in [7, 11) is 0. The Morgan fingerprint density at radius 2 is 1.48 bits per heavy atom. The van der Waals surface area contributed by atoms with E-state index < -0.39 is 12.1 Å². The van der Waals surface area contributed by atoms with E-state index in [0.29, 0.717) is 19.5 Å². The summed E-state index contributed by atoms with van der Waals surface area (Å²) in [4.78, 5) is 37.3. The van der Waals surface area contributed by atoms with Crippen molar-refractivity contribution >= 4 is 29.3 Å². The smallest absolute Gasteiger partial charge is 0.475 e. The molecule has 9 nitrogen and oxygen atoms in total. The Bertz CT molecular complexity index is 1050. The molecule has 2 aromatic rings. The van der Waals surface area contributed by atoms with E-state index in [1.165, 1.54) is 24.9 Å². The molecule has 40 heavy (non-hydrogen) atoms. The van der Waals surface area contributed by atoms with Gasteiger partial charge in [0.15, 0.2) is 0 Å². The number of halogens is 3. The largest absolute Gasteiger partial charge is 0.490 e. The molecule has 220 valence electrons. The summed E-state index contributed by atoms with van der Waals surface area (Å²) in [6.45, 7) is 3.28. The highest BCUT2D eigenvalue weighted by atomic mass is 19.4. The molecule has 3 amide bonds. The van der Waals surface area contributed by atoms with E-state index in [1.54, 1.807) is 5.48 Å². The van der Waals surface area contributed by atoms with Gasteiger partial charge < -0.3 is 15.3 Å². The van der Waals surface area contributed by atoms with E-state index >= 15 is 0 Å². The number of nitrogens with one attached hydrogen (secondary N) is 2. The number of hydrogen-bond donors (Lipinski definition) is 4. The fraction of sp³-hybridized carbons (Fsp3) is 0.464. The van der Waals surface area contributed by atoms with Crippen molar-refractivity contribution in [1.82, 2.24) is 10.8 Å². The molecular formula is C28H37F3N4O5. The first kappa shape index (κ1) is 32.4. The maximum absolute atomic E-state index is 13.1. The fourth-order valence-corrected chi connectivity index (χ4v) is 4.18. The van der Waals surface area contributed by atoms with Gasteiger partial charge in [-0.2, -0.15) is 13.2 Å².